The molecule has 2 aromatic carbocycles. The Balaban J connectivity index is 1.68. The van der Waals surface area contributed by atoms with E-state index >= 15 is 0 Å². The van der Waals surface area contributed by atoms with Gasteiger partial charge < -0.3 is 9.64 Å². The summed E-state index contributed by atoms with van der Waals surface area (Å²) in [4.78, 5) is 18.5. The number of aromatic nitrogens is 1. The molecule has 26 heavy (non-hydrogen) atoms. The zero-order chi connectivity index (χ0) is 18.7. The largest absolute Gasteiger partial charge is 0.486 e. The summed E-state index contributed by atoms with van der Waals surface area (Å²) in [6.45, 7) is 0.280. The molecule has 8 heteroatoms. The van der Waals surface area contributed by atoms with Crippen LogP contribution in [0.25, 0.3) is 0 Å². The highest BCUT2D eigenvalue weighted by molar-refractivity contribution is 9.10. The third kappa shape index (κ3) is 4.57. The molecule has 0 radical (unpaired) electrons. The minimum atomic E-state index is -0.233. The molecule has 0 aliphatic carbocycles. The van der Waals surface area contributed by atoms with Gasteiger partial charge in [0.15, 0.2) is 0 Å². The van der Waals surface area contributed by atoms with E-state index in [1.807, 2.05) is 6.07 Å². The molecule has 0 N–H and O–H groups in total. The summed E-state index contributed by atoms with van der Waals surface area (Å²) >= 11 is 16.8. The normalized spacial score (nSPS) is 10.6. The number of carbonyl (C=O) groups is 1. The lowest BCUT2D eigenvalue weighted by molar-refractivity contribution is 0.0988. The lowest BCUT2D eigenvalue weighted by Gasteiger charge is -2.17. The molecule has 0 bridgehead atoms. The van der Waals surface area contributed by atoms with Gasteiger partial charge in [-0.1, -0.05) is 39.1 Å². The van der Waals surface area contributed by atoms with Crippen LogP contribution in [-0.4, -0.2) is 17.9 Å². The van der Waals surface area contributed by atoms with Crippen LogP contribution in [0.3, 0.4) is 0 Å². The van der Waals surface area contributed by atoms with Gasteiger partial charge >= 0.3 is 0 Å². The average molecular weight is 472 g/mol. The van der Waals surface area contributed by atoms with Gasteiger partial charge in [0.2, 0.25) is 0 Å². The maximum atomic E-state index is 12.7. The molecule has 0 aliphatic heterocycles. The van der Waals surface area contributed by atoms with Crippen LogP contribution in [0, 0.1) is 0 Å². The van der Waals surface area contributed by atoms with E-state index in [2.05, 4.69) is 20.9 Å². The number of benzene rings is 2. The van der Waals surface area contributed by atoms with E-state index < -0.39 is 0 Å². The predicted molar refractivity (Wildman–Crippen MR) is 110 cm³/mol. The molecule has 134 valence electrons. The Morgan fingerprint density at radius 1 is 1.23 bits per heavy atom. The van der Waals surface area contributed by atoms with Gasteiger partial charge in [-0.15, -0.1) is 11.3 Å². The fraction of sp³-hybridized carbons (Fsp3) is 0.111. The highest BCUT2D eigenvalue weighted by atomic mass is 79.9. The van der Waals surface area contributed by atoms with Gasteiger partial charge in [-0.2, -0.15) is 0 Å². The summed E-state index contributed by atoms with van der Waals surface area (Å²) < 4.78 is 6.51. The number of hydrogen-bond donors (Lipinski definition) is 0. The molecule has 0 saturated carbocycles. The lowest BCUT2D eigenvalue weighted by atomic mass is 10.3. The van der Waals surface area contributed by atoms with Crippen LogP contribution in [0.15, 0.2) is 52.3 Å². The minimum Gasteiger partial charge on any atom is -0.486 e. The van der Waals surface area contributed by atoms with Crippen molar-refractivity contribution < 1.29 is 9.53 Å². The summed E-state index contributed by atoms with van der Waals surface area (Å²) in [5.74, 6) is 0.458. The molecule has 1 heterocycles. The van der Waals surface area contributed by atoms with Gasteiger partial charge in [-0.25, -0.2) is 4.98 Å². The molecule has 3 rings (SSSR count). The summed E-state index contributed by atoms with van der Waals surface area (Å²) in [5.41, 5.74) is 0.970. The van der Waals surface area contributed by atoms with E-state index in [1.165, 1.54) is 16.2 Å². The standard InChI is InChI=1S/C18H13BrCl2N2O2S/c1-23(16-7-2-11(19)8-14(16)21)18(24)15-10-26-17(22-15)9-25-13-5-3-12(20)4-6-13/h2-8,10H,9H2,1H3. The first kappa shape index (κ1) is 19.2. The Hall–Kier alpha value is -1.60. The van der Waals surface area contributed by atoms with E-state index in [0.29, 0.717) is 32.2 Å². The molecule has 0 aliphatic rings. The number of thiazole rings is 1. The number of rotatable bonds is 5. The first-order valence-electron chi connectivity index (χ1n) is 7.50. The number of amides is 1. The molecule has 4 nitrogen and oxygen atoms in total. The van der Waals surface area contributed by atoms with Crippen molar-refractivity contribution in [3.8, 4) is 5.75 Å². The Labute approximate surface area is 173 Å². The predicted octanol–water partition coefficient (Wildman–Crippen LogP) is 6.07. The molecule has 1 aromatic heterocycles. The summed E-state index contributed by atoms with van der Waals surface area (Å²) in [5, 5.41) is 3.55. The Morgan fingerprint density at radius 2 is 1.96 bits per heavy atom. The molecule has 1 amide bonds. The topological polar surface area (TPSA) is 42.4 Å². The van der Waals surface area contributed by atoms with Crippen molar-refractivity contribution in [1.29, 1.82) is 0 Å². The molecule has 3 aromatic rings. The van der Waals surface area contributed by atoms with Crippen molar-refractivity contribution in [3.63, 3.8) is 0 Å². The maximum absolute atomic E-state index is 12.7. The summed E-state index contributed by atoms with van der Waals surface area (Å²) in [6.07, 6.45) is 0. The molecule has 0 saturated heterocycles. The zero-order valence-corrected chi connectivity index (χ0v) is 17.5. The van der Waals surface area contributed by atoms with Gasteiger partial charge in [0.05, 0.1) is 10.7 Å². The van der Waals surface area contributed by atoms with Crippen LogP contribution in [0.2, 0.25) is 10.0 Å². The highest BCUT2D eigenvalue weighted by Crippen LogP contribution is 2.29. The lowest BCUT2D eigenvalue weighted by Crippen LogP contribution is -2.26. The van der Waals surface area contributed by atoms with Crippen molar-refractivity contribution in [2.45, 2.75) is 6.61 Å². The number of anilines is 1. The minimum absolute atomic E-state index is 0.233. The third-order valence-corrected chi connectivity index (χ3v) is 5.39. The van der Waals surface area contributed by atoms with Crippen LogP contribution in [0.5, 0.6) is 5.75 Å². The van der Waals surface area contributed by atoms with E-state index in [4.69, 9.17) is 27.9 Å². The zero-order valence-electron chi connectivity index (χ0n) is 13.6. The molecule has 0 unspecified atom stereocenters. The maximum Gasteiger partial charge on any atom is 0.277 e. The SMILES string of the molecule is CN(C(=O)c1csc(COc2ccc(Cl)cc2)n1)c1ccc(Br)cc1Cl. The van der Waals surface area contributed by atoms with Gasteiger partial charge in [0.1, 0.15) is 23.1 Å². The van der Waals surface area contributed by atoms with E-state index in [-0.39, 0.29) is 12.5 Å². The van der Waals surface area contributed by atoms with E-state index in [9.17, 15) is 4.79 Å². The second-order valence-corrected chi connectivity index (χ2v) is 8.03. The first-order valence-corrected chi connectivity index (χ1v) is 9.93. The number of nitrogens with zero attached hydrogens (tertiary/aromatic N) is 2. The monoisotopic (exact) mass is 470 g/mol. The summed E-state index contributed by atoms with van der Waals surface area (Å²) in [7, 11) is 1.67. The van der Waals surface area contributed by atoms with Crippen molar-refractivity contribution in [3.05, 3.63) is 73.1 Å². The Morgan fingerprint density at radius 3 is 2.65 bits per heavy atom. The molecule has 0 atom stereocenters. The molecule has 0 spiro atoms. The van der Waals surface area contributed by atoms with Crippen LogP contribution < -0.4 is 9.64 Å². The second kappa shape index (κ2) is 8.39. The Kier molecular flexibility index (Phi) is 6.19. The van der Waals surface area contributed by atoms with Crippen LogP contribution in [-0.2, 0) is 6.61 Å². The number of ether oxygens (including phenoxy) is 1. The fourth-order valence-electron chi connectivity index (χ4n) is 2.19. The van der Waals surface area contributed by atoms with Gasteiger partial charge in [-0.05, 0) is 42.5 Å². The molecular formula is C18H13BrCl2N2O2S. The average Bonchev–Trinajstić information content (AvgIpc) is 3.09. The second-order valence-electron chi connectivity index (χ2n) is 5.33. The van der Waals surface area contributed by atoms with Gasteiger partial charge in [0, 0.05) is 21.9 Å². The number of hydrogen-bond acceptors (Lipinski definition) is 4. The fourth-order valence-corrected chi connectivity index (χ4v) is 3.79. The number of carbonyl (C=O) groups excluding carboxylic acids is 1. The van der Waals surface area contributed by atoms with Gasteiger partial charge in [0.25, 0.3) is 5.91 Å². The van der Waals surface area contributed by atoms with Crippen molar-refractivity contribution in [2.24, 2.45) is 0 Å². The molecule has 0 fully saturated rings. The first-order chi connectivity index (χ1) is 12.4. The van der Waals surface area contributed by atoms with Crippen LogP contribution in [0.4, 0.5) is 5.69 Å². The highest BCUT2D eigenvalue weighted by Gasteiger charge is 2.19. The van der Waals surface area contributed by atoms with Crippen molar-refractivity contribution >= 4 is 62.1 Å². The van der Waals surface area contributed by atoms with Crippen molar-refractivity contribution in [2.75, 3.05) is 11.9 Å². The summed E-state index contributed by atoms with van der Waals surface area (Å²) in [6, 6.07) is 12.4. The molecular weight excluding hydrogens is 459 g/mol. The smallest absolute Gasteiger partial charge is 0.277 e. The third-order valence-electron chi connectivity index (χ3n) is 3.52. The van der Waals surface area contributed by atoms with Crippen molar-refractivity contribution in [1.82, 2.24) is 4.98 Å². The number of halogens is 3. The van der Waals surface area contributed by atoms with E-state index in [1.54, 1.807) is 48.8 Å². The van der Waals surface area contributed by atoms with Crippen LogP contribution >= 0.6 is 50.5 Å². The van der Waals surface area contributed by atoms with Gasteiger partial charge in [-0.3, -0.25) is 4.79 Å². The van der Waals surface area contributed by atoms with E-state index in [0.717, 1.165) is 4.47 Å². The quantitative estimate of drug-likeness (QED) is 0.453. The Bertz CT molecular complexity index is 931. The van der Waals surface area contributed by atoms with Crippen LogP contribution in [0.1, 0.15) is 15.5 Å².